The van der Waals surface area contributed by atoms with Gasteiger partial charge in [-0.05, 0) is 12.8 Å². The van der Waals surface area contributed by atoms with E-state index in [1.54, 1.807) is 7.11 Å². The molecule has 4 nitrogen and oxygen atoms in total. The summed E-state index contributed by atoms with van der Waals surface area (Å²) < 4.78 is 34.9. The van der Waals surface area contributed by atoms with Crippen LogP contribution in [0.15, 0.2) is 0 Å². The van der Waals surface area contributed by atoms with E-state index < -0.39 is 10.1 Å². The molecule has 0 rings (SSSR count). The maximum absolute atomic E-state index is 10.6. The van der Waals surface area contributed by atoms with Crippen LogP contribution in [0.3, 0.4) is 0 Å². The molecule has 0 aromatic heterocycles. The van der Waals surface area contributed by atoms with Crippen LogP contribution in [0.4, 0.5) is 0 Å². The van der Waals surface area contributed by atoms with E-state index in [0.717, 1.165) is 12.8 Å². The molecule has 0 spiro atoms. The van der Waals surface area contributed by atoms with Gasteiger partial charge >= 0.3 is 51.4 Å². The topological polar surface area (TPSA) is 63.6 Å². The van der Waals surface area contributed by atoms with Crippen LogP contribution in [-0.2, 0) is 14.9 Å². The van der Waals surface area contributed by atoms with E-state index in [0.29, 0.717) is 6.42 Å². The molecule has 1 N–H and O–H groups in total. The molecule has 0 aliphatic rings. The summed E-state index contributed by atoms with van der Waals surface area (Å²) in [6, 6.07) is 0. The second kappa shape index (κ2) is 12.5. The quantitative estimate of drug-likeness (QED) is 0.380. The van der Waals surface area contributed by atoms with Crippen LogP contribution < -0.4 is 0 Å². The normalized spacial score (nSPS) is 13.1. The van der Waals surface area contributed by atoms with E-state index in [2.05, 4.69) is 6.92 Å². The molecule has 1 atom stereocenters. The van der Waals surface area contributed by atoms with E-state index in [9.17, 15) is 8.42 Å². The Morgan fingerprint density at radius 1 is 1.12 bits per heavy atom. The fourth-order valence-electron chi connectivity index (χ4n) is 1.64. The van der Waals surface area contributed by atoms with Gasteiger partial charge in [0.1, 0.15) is 0 Å². The van der Waals surface area contributed by atoms with Crippen LogP contribution in [0.2, 0.25) is 0 Å². The van der Waals surface area contributed by atoms with Crippen molar-refractivity contribution in [1.82, 2.24) is 0 Å². The zero-order valence-electron chi connectivity index (χ0n) is 10.3. The minimum atomic E-state index is -3.85. The molecule has 100 valence electrons. The zero-order chi connectivity index (χ0) is 12.4. The van der Waals surface area contributed by atoms with Gasteiger partial charge in [-0.15, -0.1) is 0 Å². The van der Waals surface area contributed by atoms with Gasteiger partial charge in [-0.1, -0.05) is 39.0 Å². The van der Waals surface area contributed by atoms with Gasteiger partial charge in [0.2, 0.25) is 0 Å². The van der Waals surface area contributed by atoms with Crippen LogP contribution in [0.1, 0.15) is 51.9 Å². The standard InChI is InChI=1S/C11H24O4S.K.H/c1-3-4-5-6-7-8-11(15-2)9-10-16(12,13)14;;/h11H,3-10H2,1-2H3,(H,12,13,14);;. The molecule has 0 amide bonds. The van der Waals surface area contributed by atoms with E-state index in [1.165, 1.54) is 25.7 Å². The molecule has 0 saturated heterocycles. The van der Waals surface area contributed by atoms with Gasteiger partial charge in [-0.3, -0.25) is 4.55 Å². The van der Waals surface area contributed by atoms with Crippen molar-refractivity contribution in [2.24, 2.45) is 0 Å². The van der Waals surface area contributed by atoms with Crippen LogP contribution in [0, 0.1) is 0 Å². The first-order valence-corrected chi connectivity index (χ1v) is 7.58. The van der Waals surface area contributed by atoms with Crippen molar-refractivity contribution < 1.29 is 17.7 Å². The molecular weight excluding hydrogens is 267 g/mol. The molecule has 0 heterocycles. The van der Waals surface area contributed by atoms with Crippen molar-refractivity contribution >= 4 is 61.5 Å². The number of unbranched alkanes of at least 4 members (excludes halogenated alkanes) is 4. The van der Waals surface area contributed by atoms with E-state index in [-0.39, 0.29) is 63.2 Å². The minimum absolute atomic E-state index is 0. The Balaban J connectivity index is 0. The molecule has 0 aromatic carbocycles. The summed E-state index contributed by atoms with van der Waals surface area (Å²) in [5.41, 5.74) is 0. The molecule has 0 aliphatic heterocycles. The maximum atomic E-state index is 10.6. The fourth-order valence-corrected chi connectivity index (χ4v) is 2.20. The second-order valence-corrected chi connectivity index (χ2v) is 5.71. The summed E-state index contributed by atoms with van der Waals surface area (Å²) in [6.07, 6.45) is 7.12. The summed E-state index contributed by atoms with van der Waals surface area (Å²) in [6.45, 7) is 2.17. The zero-order valence-corrected chi connectivity index (χ0v) is 11.1. The van der Waals surface area contributed by atoms with Crippen LogP contribution in [0.5, 0.6) is 0 Å². The van der Waals surface area contributed by atoms with Crippen molar-refractivity contribution in [3.63, 3.8) is 0 Å². The first-order valence-electron chi connectivity index (χ1n) is 5.97. The van der Waals surface area contributed by atoms with Gasteiger partial charge in [-0.25, -0.2) is 0 Å². The third-order valence-corrected chi connectivity index (χ3v) is 3.41. The average molecular weight is 292 g/mol. The summed E-state index contributed by atoms with van der Waals surface area (Å²) in [4.78, 5) is 0. The SMILES string of the molecule is CCCCCCCC(CCS(=O)(=O)O)OC.[KH]. The van der Waals surface area contributed by atoms with E-state index >= 15 is 0 Å². The number of rotatable bonds is 10. The molecule has 0 bridgehead atoms. The Hall–Kier alpha value is 1.51. The van der Waals surface area contributed by atoms with Crippen LogP contribution >= 0.6 is 0 Å². The molecule has 0 radical (unpaired) electrons. The van der Waals surface area contributed by atoms with Crippen LogP contribution in [-0.4, -0.2) is 83.3 Å². The Bertz CT molecular complexity index is 254. The van der Waals surface area contributed by atoms with Gasteiger partial charge in [-0.2, -0.15) is 8.42 Å². The molecule has 0 fully saturated rings. The number of hydrogen-bond donors (Lipinski definition) is 1. The van der Waals surface area contributed by atoms with Gasteiger partial charge in [0.25, 0.3) is 10.1 Å². The first-order chi connectivity index (χ1) is 7.49. The predicted molar refractivity (Wildman–Crippen MR) is 72.4 cm³/mol. The molecule has 0 aliphatic carbocycles. The molecule has 0 aromatic rings. The van der Waals surface area contributed by atoms with Gasteiger partial charge in [0.05, 0.1) is 11.9 Å². The predicted octanol–water partition coefficient (Wildman–Crippen LogP) is 1.99. The van der Waals surface area contributed by atoms with Crippen molar-refractivity contribution in [1.29, 1.82) is 0 Å². The number of hydrogen-bond acceptors (Lipinski definition) is 3. The van der Waals surface area contributed by atoms with Crippen molar-refractivity contribution in [2.45, 2.75) is 58.0 Å². The van der Waals surface area contributed by atoms with Crippen LogP contribution in [0.25, 0.3) is 0 Å². The average Bonchev–Trinajstić information content (AvgIpc) is 2.21. The Kier molecular flexibility index (Phi) is 15.3. The molecule has 1 unspecified atom stereocenters. The molecule has 17 heavy (non-hydrogen) atoms. The number of ether oxygens (including phenoxy) is 1. The molecular formula is C11H25KO4S. The summed E-state index contributed by atoms with van der Waals surface area (Å²) in [5.74, 6) is -0.208. The first kappa shape index (κ1) is 20.8. The molecule has 6 heteroatoms. The van der Waals surface area contributed by atoms with E-state index in [1.807, 2.05) is 0 Å². The summed E-state index contributed by atoms with van der Waals surface area (Å²) in [5, 5.41) is 0. The van der Waals surface area contributed by atoms with Crippen molar-refractivity contribution in [3.05, 3.63) is 0 Å². The third kappa shape index (κ3) is 15.4. The van der Waals surface area contributed by atoms with Crippen molar-refractivity contribution in [2.75, 3.05) is 12.9 Å². The number of methoxy groups -OCH3 is 1. The Labute approximate surface area is 148 Å². The monoisotopic (exact) mass is 292 g/mol. The van der Waals surface area contributed by atoms with Gasteiger partial charge in [0.15, 0.2) is 0 Å². The molecule has 0 saturated carbocycles. The summed E-state index contributed by atoms with van der Waals surface area (Å²) in [7, 11) is -2.26. The third-order valence-electron chi connectivity index (χ3n) is 2.66. The van der Waals surface area contributed by atoms with E-state index in [4.69, 9.17) is 9.29 Å². The summed E-state index contributed by atoms with van der Waals surface area (Å²) >= 11 is 0. The van der Waals surface area contributed by atoms with Crippen molar-refractivity contribution in [3.8, 4) is 0 Å². The van der Waals surface area contributed by atoms with Gasteiger partial charge in [0, 0.05) is 7.11 Å². The fraction of sp³-hybridized carbons (Fsp3) is 1.00. The second-order valence-electron chi connectivity index (χ2n) is 4.14. The Morgan fingerprint density at radius 2 is 1.71 bits per heavy atom. The Morgan fingerprint density at radius 3 is 2.18 bits per heavy atom. The van der Waals surface area contributed by atoms with Gasteiger partial charge < -0.3 is 4.74 Å².